The van der Waals surface area contributed by atoms with E-state index >= 15 is 0 Å². The number of hydrogen-bond donors (Lipinski definition) is 0. The number of hydrogen-bond acceptors (Lipinski definition) is 2. The monoisotopic (exact) mass is 467 g/mol. The molecular weight excluding hydrogens is 442 g/mol. The number of nitrogens with zero attached hydrogens (tertiary/aromatic N) is 1. The molecule has 1 aromatic heterocycles. The number of anilines is 2. The molecule has 0 unspecified atom stereocenters. The smallest absolute Gasteiger partial charge is 0.0540 e. The van der Waals surface area contributed by atoms with Crippen molar-refractivity contribution in [2.75, 3.05) is 4.90 Å². The Hall–Kier alpha value is -4.14. The van der Waals surface area contributed by atoms with Gasteiger partial charge in [0, 0.05) is 36.9 Å². The fourth-order valence-corrected chi connectivity index (χ4v) is 6.10. The van der Waals surface area contributed by atoms with Crippen LogP contribution in [0.25, 0.3) is 41.7 Å². The summed E-state index contributed by atoms with van der Waals surface area (Å²) < 4.78 is 2.63. The normalized spacial score (nSPS) is 12.3. The summed E-state index contributed by atoms with van der Waals surface area (Å²) in [7, 11) is 0. The van der Waals surface area contributed by atoms with E-state index in [1.807, 2.05) is 17.4 Å². The molecular formula is C33H25NS. The van der Waals surface area contributed by atoms with Gasteiger partial charge >= 0.3 is 0 Å². The minimum Gasteiger partial charge on any atom is -0.310 e. The molecule has 0 bridgehead atoms. The van der Waals surface area contributed by atoms with E-state index in [2.05, 4.69) is 134 Å². The number of benzene rings is 5. The third-order valence-corrected chi connectivity index (χ3v) is 7.63. The molecule has 0 saturated carbocycles. The van der Waals surface area contributed by atoms with Gasteiger partial charge in [0.15, 0.2) is 0 Å². The van der Waals surface area contributed by atoms with Gasteiger partial charge in [-0.25, -0.2) is 0 Å². The lowest BCUT2D eigenvalue weighted by molar-refractivity contribution is 1.22. The van der Waals surface area contributed by atoms with Crippen LogP contribution in [0.2, 0.25) is 0 Å². The average molecular weight is 468 g/mol. The molecule has 0 atom stereocenters. The number of fused-ring (bicyclic) bond motifs is 6. The van der Waals surface area contributed by atoms with Crippen LogP contribution >= 0.6 is 11.3 Å². The van der Waals surface area contributed by atoms with Crippen LogP contribution in [-0.4, -0.2) is 0 Å². The second-order valence-electron chi connectivity index (χ2n) is 8.60. The first-order valence-electron chi connectivity index (χ1n) is 11.9. The van der Waals surface area contributed by atoms with Gasteiger partial charge in [-0.1, -0.05) is 85.5 Å². The highest BCUT2D eigenvalue weighted by Gasteiger charge is 2.17. The summed E-state index contributed by atoms with van der Waals surface area (Å²) in [6, 6.07) is 35.1. The SMILES string of the molecule is C=C/C=C(\C=C/C)N(c1ccc2sc3ccc4ccccc4c3c2c1)c1cccc2ccccc12. The van der Waals surface area contributed by atoms with E-state index in [-0.39, 0.29) is 0 Å². The average Bonchev–Trinajstić information content (AvgIpc) is 3.28. The first-order valence-corrected chi connectivity index (χ1v) is 12.7. The van der Waals surface area contributed by atoms with Crippen LogP contribution in [0.3, 0.4) is 0 Å². The van der Waals surface area contributed by atoms with E-state index in [1.165, 1.54) is 41.7 Å². The van der Waals surface area contributed by atoms with Crippen LogP contribution in [0.4, 0.5) is 11.4 Å². The molecule has 6 rings (SSSR count). The molecule has 0 aliphatic heterocycles. The molecule has 35 heavy (non-hydrogen) atoms. The van der Waals surface area contributed by atoms with Crippen LogP contribution in [0.1, 0.15) is 6.92 Å². The van der Waals surface area contributed by atoms with E-state index in [0.717, 1.165) is 17.1 Å². The van der Waals surface area contributed by atoms with Crippen molar-refractivity contribution in [2.45, 2.75) is 6.92 Å². The highest BCUT2D eigenvalue weighted by molar-refractivity contribution is 7.26. The molecule has 0 N–H and O–H groups in total. The van der Waals surface area contributed by atoms with E-state index in [4.69, 9.17) is 0 Å². The summed E-state index contributed by atoms with van der Waals surface area (Å²) in [4.78, 5) is 2.35. The number of thiophene rings is 1. The third-order valence-electron chi connectivity index (χ3n) is 6.49. The summed E-state index contributed by atoms with van der Waals surface area (Å²) in [5.74, 6) is 0. The molecule has 0 spiro atoms. The lowest BCUT2D eigenvalue weighted by Gasteiger charge is -2.28. The molecule has 0 saturated heterocycles. The van der Waals surface area contributed by atoms with Gasteiger partial charge in [-0.2, -0.15) is 0 Å². The Morgan fingerprint density at radius 1 is 0.743 bits per heavy atom. The van der Waals surface area contributed by atoms with E-state index in [0.29, 0.717) is 0 Å². The zero-order valence-corrected chi connectivity index (χ0v) is 20.4. The lowest BCUT2D eigenvalue weighted by Crippen LogP contribution is -2.15. The van der Waals surface area contributed by atoms with Gasteiger partial charge in [-0.15, -0.1) is 11.3 Å². The molecule has 2 heteroatoms. The second-order valence-corrected chi connectivity index (χ2v) is 9.69. The molecule has 6 aromatic rings. The minimum absolute atomic E-state index is 1.07. The minimum atomic E-state index is 1.07. The molecule has 0 amide bonds. The number of allylic oxidation sites excluding steroid dienone is 4. The predicted octanol–water partition coefficient (Wildman–Crippen LogP) is 10.1. The topological polar surface area (TPSA) is 3.24 Å². The fourth-order valence-electron chi connectivity index (χ4n) is 5.00. The van der Waals surface area contributed by atoms with Gasteiger partial charge in [0.1, 0.15) is 0 Å². The summed E-state index contributed by atoms with van der Waals surface area (Å²) in [5.41, 5.74) is 3.35. The van der Waals surface area contributed by atoms with Crippen LogP contribution in [0.15, 0.2) is 134 Å². The standard InChI is InChI=1S/C33H25NS/c1-3-10-25(11-4-2)34(30-17-9-14-23-12-5-7-15-27(23)30)26-19-21-31-29(22-26)33-28-16-8-6-13-24(28)18-20-32(33)35-31/h3-22H,1H2,2H3/b11-4-,25-10+. The van der Waals surface area contributed by atoms with Gasteiger partial charge < -0.3 is 4.90 Å². The third kappa shape index (κ3) is 3.63. The van der Waals surface area contributed by atoms with Crippen molar-refractivity contribution in [3.05, 3.63) is 134 Å². The van der Waals surface area contributed by atoms with Crippen molar-refractivity contribution in [3.8, 4) is 0 Å². The van der Waals surface area contributed by atoms with Crippen molar-refractivity contribution in [2.24, 2.45) is 0 Å². The van der Waals surface area contributed by atoms with E-state index in [1.54, 1.807) is 0 Å². The quantitative estimate of drug-likeness (QED) is 0.228. The van der Waals surface area contributed by atoms with Crippen molar-refractivity contribution in [3.63, 3.8) is 0 Å². The Kier molecular flexibility index (Phi) is 5.44. The van der Waals surface area contributed by atoms with Crippen LogP contribution in [0, 0.1) is 0 Å². The second kappa shape index (κ2) is 8.90. The zero-order chi connectivity index (χ0) is 23.8. The predicted molar refractivity (Wildman–Crippen MR) is 156 cm³/mol. The zero-order valence-electron chi connectivity index (χ0n) is 19.6. The first kappa shape index (κ1) is 21.4. The number of rotatable bonds is 5. The lowest BCUT2D eigenvalue weighted by atomic mass is 10.0. The molecule has 168 valence electrons. The van der Waals surface area contributed by atoms with E-state index in [9.17, 15) is 0 Å². The Balaban J connectivity index is 1.67. The van der Waals surface area contributed by atoms with Gasteiger partial charge in [0.25, 0.3) is 0 Å². The molecule has 1 nitrogen and oxygen atoms in total. The largest absolute Gasteiger partial charge is 0.310 e. The summed E-state index contributed by atoms with van der Waals surface area (Å²) >= 11 is 1.86. The van der Waals surface area contributed by atoms with Crippen LogP contribution in [-0.2, 0) is 0 Å². The van der Waals surface area contributed by atoms with Crippen molar-refractivity contribution in [1.29, 1.82) is 0 Å². The van der Waals surface area contributed by atoms with Gasteiger partial charge in [-0.3, -0.25) is 0 Å². The molecule has 5 aromatic carbocycles. The molecule has 1 heterocycles. The first-order chi connectivity index (χ1) is 17.3. The van der Waals surface area contributed by atoms with Gasteiger partial charge in [0.2, 0.25) is 0 Å². The molecule has 0 radical (unpaired) electrons. The highest BCUT2D eigenvalue weighted by atomic mass is 32.1. The maximum Gasteiger partial charge on any atom is 0.0540 e. The molecule has 0 aliphatic rings. The maximum atomic E-state index is 4.00. The Labute approximate surface area is 209 Å². The Bertz CT molecular complexity index is 1780. The Morgan fingerprint density at radius 2 is 1.46 bits per heavy atom. The molecule has 0 fully saturated rings. The van der Waals surface area contributed by atoms with Crippen molar-refractivity contribution < 1.29 is 0 Å². The summed E-state index contributed by atoms with van der Waals surface area (Å²) in [6.45, 7) is 6.05. The Morgan fingerprint density at radius 3 is 2.26 bits per heavy atom. The van der Waals surface area contributed by atoms with Crippen LogP contribution < -0.4 is 4.90 Å². The van der Waals surface area contributed by atoms with Crippen LogP contribution in [0.5, 0.6) is 0 Å². The summed E-state index contributed by atoms with van der Waals surface area (Å²) in [6.07, 6.45) is 8.17. The fraction of sp³-hybridized carbons (Fsp3) is 0.0303. The maximum absolute atomic E-state index is 4.00. The van der Waals surface area contributed by atoms with Gasteiger partial charge in [0.05, 0.1) is 5.69 Å². The highest BCUT2D eigenvalue weighted by Crippen LogP contribution is 2.42. The van der Waals surface area contributed by atoms with Crippen molar-refractivity contribution in [1.82, 2.24) is 0 Å². The van der Waals surface area contributed by atoms with E-state index < -0.39 is 0 Å². The summed E-state index contributed by atoms with van der Waals surface area (Å²) in [5, 5.41) is 7.65. The molecule has 0 aliphatic carbocycles. The van der Waals surface area contributed by atoms with Crippen molar-refractivity contribution >= 4 is 64.4 Å². The van der Waals surface area contributed by atoms with Gasteiger partial charge in [-0.05, 0) is 65.6 Å².